The Morgan fingerprint density at radius 2 is 1.58 bits per heavy atom. The third kappa shape index (κ3) is 3.46. The molecule has 0 heterocycles. The zero-order chi connectivity index (χ0) is 18.3. The molecule has 4 nitrogen and oxygen atoms in total. The first-order valence-electron chi connectivity index (χ1n) is 9.32. The highest BCUT2D eigenvalue weighted by molar-refractivity contribution is 5.93. The zero-order valence-electron chi connectivity index (χ0n) is 14.6. The number of halogens is 2. The standard InChI is InChI=1S/C20H23F2NO3/c21-15-2-1-3-16(22)19(15)23-17(24)11-26-18(25)10-20-7-12-4-13(8-20)6-14(5-12)9-20/h1-3,12-14H,4-11H2,(H,23,24). The fourth-order valence-electron chi connectivity index (χ4n) is 5.80. The first kappa shape index (κ1) is 17.4. The molecule has 4 aliphatic rings. The molecule has 0 unspecified atom stereocenters. The van der Waals surface area contributed by atoms with Gasteiger partial charge in [-0.25, -0.2) is 8.78 Å². The summed E-state index contributed by atoms with van der Waals surface area (Å²) in [4.78, 5) is 24.1. The minimum absolute atomic E-state index is 0.0416. The molecule has 0 atom stereocenters. The highest BCUT2D eigenvalue weighted by Crippen LogP contribution is 2.61. The number of nitrogens with one attached hydrogen (secondary N) is 1. The minimum Gasteiger partial charge on any atom is -0.456 e. The monoisotopic (exact) mass is 363 g/mol. The molecule has 1 amide bonds. The fourth-order valence-corrected chi connectivity index (χ4v) is 5.80. The summed E-state index contributed by atoms with van der Waals surface area (Å²) >= 11 is 0. The molecule has 4 aliphatic carbocycles. The number of para-hydroxylation sites is 1. The third-order valence-corrected chi connectivity index (χ3v) is 6.28. The van der Waals surface area contributed by atoms with E-state index >= 15 is 0 Å². The van der Waals surface area contributed by atoms with Crippen molar-refractivity contribution < 1.29 is 23.1 Å². The molecule has 0 aromatic heterocycles. The summed E-state index contributed by atoms with van der Waals surface area (Å²) < 4.78 is 32.2. The number of amides is 1. The van der Waals surface area contributed by atoms with Gasteiger partial charge >= 0.3 is 5.97 Å². The molecule has 1 aromatic rings. The van der Waals surface area contributed by atoms with Gasteiger partial charge in [0.15, 0.2) is 6.61 Å². The van der Waals surface area contributed by atoms with Crippen molar-refractivity contribution >= 4 is 17.6 Å². The normalized spacial score (nSPS) is 31.7. The molecule has 4 bridgehead atoms. The lowest BCUT2D eigenvalue weighted by molar-refractivity contribution is -0.154. The van der Waals surface area contributed by atoms with E-state index in [1.165, 1.54) is 25.3 Å². The van der Waals surface area contributed by atoms with E-state index in [0.29, 0.717) is 6.42 Å². The molecule has 1 aromatic carbocycles. The second kappa shape index (κ2) is 6.63. The SMILES string of the molecule is O=C(COC(=O)CC12CC3CC(CC(C3)C1)C2)Nc1c(F)cccc1F. The van der Waals surface area contributed by atoms with Crippen molar-refractivity contribution in [3.05, 3.63) is 29.8 Å². The van der Waals surface area contributed by atoms with Gasteiger partial charge in [0.1, 0.15) is 17.3 Å². The van der Waals surface area contributed by atoms with E-state index in [4.69, 9.17) is 4.74 Å². The summed E-state index contributed by atoms with van der Waals surface area (Å²) in [6.07, 6.45) is 7.49. The molecule has 140 valence electrons. The highest BCUT2D eigenvalue weighted by atomic mass is 19.1. The number of carbonyl (C=O) groups is 2. The average Bonchev–Trinajstić information content (AvgIpc) is 2.55. The maximum Gasteiger partial charge on any atom is 0.306 e. The molecule has 5 rings (SSSR count). The first-order chi connectivity index (χ1) is 12.4. The largest absolute Gasteiger partial charge is 0.456 e. The van der Waals surface area contributed by atoms with Crippen LogP contribution in [0.2, 0.25) is 0 Å². The Labute approximate surface area is 151 Å². The van der Waals surface area contributed by atoms with E-state index < -0.39 is 35.8 Å². The van der Waals surface area contributed by atoms with Gasteiger partial charge in [-0.2, -0.15) is 0 Å². The van der Waals surface area contributed by atoms with E-state index in [1.54, 1.807) is 0 Å². The van der Waals surface area contributed by atoms with E-state index in [1.807, 2.05) is 0 Å². The lowest BCUT2D eigenvalue weighted by Gasteiger charge is -2.56. The number of benzene rings is 1. The third-order valence-electron chi connectivity index (χ3n) is 6.28. The topological polar surface area (TPSA) is 55.4 Å². The van der Waals surface area contributed by atoms with Crippen LogP contribution in [-0.2, 0) is 14.3 Å². The van der Waals surface area contributed by atoms with Crippen molar-refractivity contribution in [3.63, 3.8) is 0 Å². The van der Waals surface area contributed by atoms with Crippen molar-refractivity contribution in [2.75, 3.05) is 11.9 Å². The van der Waals surface area contributed by atoms with E-state index in [-0.39, 0.29) is 5.41 Å². The Hall–Kier alpha value is -1.98. The Balaban J connectivity index is 1.30. The van der Waals surface area contributed by atoms with Crippen LogP contribution in [0.4, 0.5) is 14.5 Å². The molecule has 0 radical (unpaired) electrons. The molecule has 26 heavy (non-hydrogen) atoms. The number of rotatable bonds is 5. The molecule has 6 heteroatoms. The van der Waals surface area contributed by atoms with Crippen molar-refractivity contribution in [2.24, 2.45) is 23.2 Å². The van der Waals surface area contributed by atoms with Crippen molar-refractivity contribution in [1.29, 1.82) is 0 Å². The fraction of sp³-hybridized carbons (Fsp3) is 0.600. The lowest BCUT2D eigenvalue weighted by atomic mass is 9.49. The van der Waals surface area contributed by atoms with Crippen LogP contribution in [0.25, 0.3) is 0 Å². The molecule has 0 spiro atoms. The van der Waals surface area contributed by atoms with E-state index in [9.17, 15) is 18.4 Å². The van der Waals surface area contributed by atoms with Gasteiger partial charge in [0.05, 0.1) is 6.42 Å². The summed E-state index contributed by atoms with van der Waals surface area (Å²) in [7, 11) is 0. The summed E-state index contributed by atoms with van der Waals surface area (Å²) in [5.74, 6) is -0.649. The Morgan fingerprint density at radius 1 is 1.04 bits per heavy atom. The van der Waals surface area contributed by atoms with Gasteiger partial charge in [-0.05, 0) is 73.8 Å². The summed E-state index contributed by atoms with van der Waals surface area (Å²) in [5, 5.41) is 2.13. The first-order valence-corrected chi connectivity index (χ1v) is 9.32. The van der Waals surface area contributed by atoms with Gasteiger partial charge in [-0.15, -0.1) is 0 Å². The molecule has 4 saturated carbocycles. The van der Waals surface area contributed by atoms with Crippen LogP contribution < -0.4 is 5.32 Å². The maximum absolute atomic E-state index is 13.5. The van der Waals surface area contributed by atoms with Crippen LogP contribution in [0, 0.1) is 34.8 Å². The average molecular weight is 363 g/mol. The Morgan fingerprint density at radius 3 is 2.12 bits per heavy atom. The lowest BCUT2D eigenvalue weighted by Crippen LogP contribution is -2.47. The minimum atomic E-state index is -0.863. The van der Waals surface area contributed by atoms with E-state index in [2.05, 4.69) is 5.32 Å². The second-order valence-electron chi connectivity index (χ2n) is 8.40. The van der Waals surface area contributed by atoms with Crippen LogP contribution in [-0.4, -0.2) is 18.5 Å². The van der Waals surface area contributed by atoms with Gasteiger partial charge in [-0.3, -0.25) is 9.59 Å². The predicted octanol–water partition coefficient (Wildman–Crippen LogP) is 4.05. The molecule has 0 aliphatic heterocycles. The second-order valence-corrected chi connectivity index (χ2v) is 8.40. The number of esters is 1. The quantitative estimate of drug-likeness (QED) is 0.803. The van der Waals surface area contributed by atoms with Crippen LogP contribution in [0.1, 0.15) is 44.9 Å². The van der Waals surface area contributed by atoms with E-state index in [0.717, 1.165) is 49.1 Å². The number of carbonyl (C=O) groups excluding carboxylic acids is 2. The smallest absolute Gasteiger partial charge is 0.306 e. The maximum atomic E-state index is 13.5. The number of anilines is 1. The van der Waals surface area contributed by atoms with Crippen molar-refractivity contribution in [2.45, 2.75) is 44.9 Å². The number of hydrogen-bond acceptors (Lipinski definition) is 3. The molecule has 1 N–H and O–H groups in total. The van der Waals surface area contributed by atoms with Gasteiger partial charge in [0, 0.05) is 0 Å². The van der Waals surface area contributed by atoms with Crippen LogP contribution in [0.3, 0.4) is 0 Å². The Kier molecular flexibility index (Phi) is 4.45. The summed E-state index contributed by atoms with van der Waals surface area (Å²) in [5.41, 5.74) is -0.477. The van der Waals surface area contributed by atoms with Gasteiger partial charge in [0.25, 0.3) is 5.91 Å². The molecular weight excluding hydrogens is 340 g/mol. The van der Waals surface area contributed by atoms with Crippen LogP contribution in [0.5, 0.6) is 0 Å². The Bertz CT molecular complexity index is 678. The molecule has 4 fully saturated rings. The molecule has 0 saturated heterocycles. The van der Waals surface area contributed by atoms with Crippen LogP contribution in [0.15, 0.2) is 18.2 Å². The molecular formula is C20H23F2NO3. The predicted molar refractivity (Wildman–Crippen MR) is 91.2 cm³/mol. The van der Waals surface area contributed by atoms with Gasteiger partial charge in [-0.1, -0.05) is 6.07 Å². The van der Waals surface area contributed by atoms with Gasteiger partial charge in [0.2, 0.25) is 0 Å². The van der Waals surface area contributed by atoms with Crippen LogP contribution >= 0.6 is 0 Å². The van der Waals surface area contributed by atoms with Crippen molar-refractivity contribution in [1.82, 2.24) is 0 Å². The number of ether oxygens (including phenoxy) is 1. The van der Waals surface area contributed by atoms with Crippen molar-refractivity contribution in [3.8, 4) is 0 Å². The highest BCUT2D eigenvalue weighted by Gasteiger charge is 2.51. The summed E-state index contributed by atoms with van der Waals surface area (Å²) in [6, 6.07) is 3.32. The number of hydrogen-bond donors (Lipinski definition) is 1. The summed E-state index contributed by atoms with van der Waals surface area (Å²) in [6.45, 7) is -0.529. The van der Waals surface area contributed by atoms with Gasteiger partial charge < -0.3 is 10.1 Å². The zero-order valence-corrected chi connectivity index (χ0v) is 14.6.